The van der Waals surface area contributed by atoms with Crippen LogP contribution in [0.5, 0.6) is 5.75 Å². The van der Waals surface area contributed by atoms with Crippen molar-refractivity contribution in [2.24, 2.45) is 0 Å². The highest BCUT2D eigenvalue weighted by atomic mass is 35.5. The van der Waals surface area contributed by atoms with Crippen molar-refractivity contribution in [3.8, 4) is 5.75 Å². The van der Waals surface area contributed by atoms with Crippen LogP contribution in [0.3, 0.4) is 0 Å². The number of halogens is 1. The molecule has 5 nitrogen and oxygen atoms in total. The number of nitrogens with zero attached hydrogens (tertiary/aromatic N) is 1. The monoisotopic (exact) mass is 292 g/mol. The first kappa shape index (κ1) is 14.1. The number of anilines is 1. The standard InChI is InChI=1S/C14H13ClN2O3/c1-20-14-8-11(4-7-13(14)15)16-9-10-2-5-12(6-3-10)17(18)19/h2-8,16H,9H2,1H3. The summed E-state index contributed by atoms with van der Waals surface area (Å²) in [6.07, 6.45) is 0. The third-order valence-corrected chi connectivity index (χ3v) is 3.11. The first-order valence-electron chi connectivity index (χ1n) is 5.91. The highest BCUT2D eigenvalue weighted by Gasteiger charge is 2.05. The molecule has 0 unspecified atom stereocenters. The second-order valence-electron chi connectivity index (χ2n) is 4.13. The van der Waals surface area contributed by atoms with Crippen molar-refractivity contribution in [2.75, 3.05) is 12.4 Å². The highest BCUT2D eigenvalue weighted by Crippen LogP contribution is 2.27. The molecule has 2 rings (SSSR count). The molecule has 0 amide bonds. The van der Waals surface area contributed by atoms with Crippen molar-refractivity contribution in [2.45, 2.75) is 6.54 Å². The summed E-state index contributed by atoms with van der Waals surface area (Å²) in [5.41, 5.74) is 1.90. The number of benzene rings is 2. The van der Waals surface area contributed by atoms with Gasteiger partial charge in [0.2, 0.25) is 0 Å². The molecule has 6 heteroatoms. The Kier molecular flexibility index (Phi) is 4.42. The summed E-state index contributed by atoms with van der Waals surface area (Å²) in [7, 11) is 1.56. The van der Waals surface area contributed by atoms with E-state index >= 15 is 0 Å². The van der Waals surface area contributed by atoms with Gasteiger partial charge in [0.25, 0.3) is 5.69 Å². The number of rotatable bonds is 5. The van der Waals surface area contributed by atoms with Gasteiger partial charge in [0.05, 0.1) is 17.1 Å². The molecule has 0 spiro atoms. The first-order valence-corrected chi connectivity index (χ1v) is 6.28. The van der Waals surface area contributed by atoms with E-state index in [4.69, 9.17) is 16.3 Å². The third-order valence-electron chi connectivity index (χ3n) is 2.79. The Balaban J connectivity index is 2.03. The summed E-state index contributed by atoms with van der Waals surface area (Å²) in [5, 5.41) is 14.3. The van der Waals surface area contributed by atoms with Crippen LogP contribution in [0.25, 0.3) is 0 Å². The van der Waals surface area contributed by atoms with Crippen molar-refractivity contribution in [3.05, 3.63) is 63.2 Å². The topological polar surface area (TPSA) is 64.4 Å². The maximum atomic E-state index is 10.6. The van der Waals surface area contributed by atoms with E-state index in [9.17, 15) is 10.1 Å². The lowest BCUT2D eigenvalue weighted by atomic mass is 10.2. The van der Waals surface area contributed by atoms with E-state index in [1.165, 1.54) is 12.1 Å². The third kappa shape index (κ3) is 3.39. The number of ether oxygens (including phenoxy) is 1. The van der Waals surface area contributed by atoms with E-state index in [1.54, 1.807) is 31.4 Å². The lowest BCUT2D eigenvalue weighted by Gasteiger charge is -2.09. The van der Waals surface area contributed by atoms with Crippen LogP contribution in [-0.2, 0) is 6.54 Å². The molecule has 0 aliphatic heterocycles. The maximum Gasteiger partial charge on any atom is 0.269 e. The van der Waals surface area contributed by atoms with Gasteiger partial charge in [-0.25, -0.2) is 0 Å². The Labute approximate surface area is 121 Å². The Morgan fingerprint density at radius 1 is 1.25 bits per heavy atom. The fraction of sp³-hybridized carbons (Fsp3) is 0.143. The molecule has 0 radical (unpaired) electrons. The Bertz CT molecular complexity index is 614. The first-order chi connectivity index (χ1) is 9.60. The SMILES string of the molecule is COc1cc(NCc2ccc([N+](=O)[O-])cc2)ccc1Cl. The molecular weight excluding hydrogens is 280 g/mol. The quantitative estimate of drug-likeness (QED) is 0.671. The smallest absolute Gasteiger partial charge is 0.269 e. The fourth-order valence-corrected chi connectivity index (χ4v) is 1.90. The normalized spacial score (nSPS) is 10.1. The summed E-state index contributed by atoms with van der Waals surface area (Å²) in [6, 6.07) is 11.8. The summed E-state index contributed by atoms with van der Waals surface area (Å²) in [6.45, 7) is 0.558. The minimum absolute atomic E-state index is 0.0851. The van der Waals surface area contributed by atoms with Crippen LogP contribution in [0.1, 0.15) is 5.56 Å². The van der Waals surface area contributed by atoms with Crippen molar-refractivity contribution in [1.82, 2.24) is 0 Å². The van der Waals surface area contributed by atoms with Crippen LogP contribution in [0, 0.1) is 10.1 Å². The predicted molar refractivity (Wildman–Crippen MR) is 78.4 cm³/mol. The van der Waals surface area contributed by atoms with Crippen LogP contribution in [-0.4, -0.2) is 12.0 Å². The van der Waals surface area contributed by atoms with E-state index in [1.807, 2.05) is 6.07 Å². The van der Waals surface area contributed by atoms with E-state index in [2.05, 4.69) is 5.32 Å². The van der Waals surface area contributed by atoms with Crippen molar-refractivity contribution >= 4 is 23.0 Å². The molecule has 0 aliphatic rings. The number of non-ortho nitro benzene ring substituents is 1. The van der Waals surface area contributed by atoms with E-state index in [0.29, 0.717) is 17.3 Å². The van der Waals surface area contributed by atoms with Gasteiger partial charge in [-0.3, -0.25) is 10.1 Å². The van der Waals surface area contributed by atoms with Crippen molar-refractivity contribution < 1.29 is 9.66 Å². The van der Waals surface area contributed by atoms with Gasteiger partial charge in [-0.1, -0.05) is 23.7 Å². The summed E-state index contributed by atoms with van der Waals surface area (Å²) < 4.78 is 5.13. The zero-order valence-corrected chi connectivity index (χ0v) is 11.6. The number of nitro benzene ring substituents is 1. The molecule has 0 fully saturated rings. The lowest BCUT2D eigenvalue weighted by molar-refractivity contribution is -0.384. The van der Waals surface area contributed by atoms with Crippen molar-refractivity contribution in [3.63, 3.8) is 0 Å². The van der Waals surface area contributed by atoms with Gasteiger partial charge in [-0.05, 0) is 17.7 Å². The molecule has 104 valence electrons. The number of hydrogen-bond donors (Lipinski definition) is 1. The molecule has 0 heterocycles. The van der Waals surface area contributed by atoms with Crippen LogP contribution in [0.2, 0.25) is 5.02 Å². The Morgan fingerprint density at radius 3 is 2.55 bits per heavy atom. The molecular formula is C14H13ClN2O3. The lowest BCUT2D eigenvalue weighted by Crippen LogP contribution is -2.00. The van der Waals surface area contributed by atoms with E-state index < -0.39 is 4.92 Å². The van der Waals surface area contributed by atoms with Gasteiger partial charge in [0.15, 0.2) is 0 Å². The summed E-state index contributed by atoms with van der Waals surface area (Å²) in [4.78, 5) is 10.1. The van der Waals surface area contributed by atoms with Gasteiger partial charge in [0, 0.05) is 30.4 Å². The van der Waals surface area contributed by atoms with Gasteiger partial charge in [0.1, 0.15) is 5.75 Å². The average molecular weight is 293 g/mol. The predicted octanol–water partition coefficient (Wildman–Crippen LogP) is 3.87. The van der Waals surface area contributed by atoms with Gasteiger partial charge in [-0.2, -0.15) is 0 Å². The Hall–Kier alpha value is -2.27. The molecule has 0 aliphatic carbocycles. The molecule has 0 saturated heterocycles. The zero-order valence-electron chi connectivity index (χ0n) is 10.8. The van der Waals surface area contributed by atoms with Crippen LogP contribution in [0.4, 0.5) is 11.4 Å². The fourth-order valence-electron chi connectivity index (χ4n) is 1.71. The minimum Gasteiger partial charge on any atom is -0.495 e. The van der Waals surface area contributed by atoms with Gasteiger partial charge >= 0.3 is 0 Å². The highest BCUT2D eigenvalue weighted by molar-refractivity contribution is 6.32. The summed E-state index contributed by atoms with van der Waals surface area (Å²) in [5.74, 6) is 0.598. The minimum atomic E-state index is -0.415. The molecule has 1 N–H and O–H groups in total. The zero-order chi connectivity index (χ0) is 14.5. The molecule has 0 aromatic heterocycles. The van der Waals surface area contributed by atoms with Crippen LogP contribution < -0.4 is 10.1 Å². The number of nitro groups is 1. The largest absolute Gasteiger partial charge is 0.495 e. The maximum absolute atomic E-state index is 10.6. The second-order valence-corrected chi connectivity index (χ2v) is 4.53. The van der Waals surface area contributed by atoms with Crippen molar-refractivity contribution in [1.29, 1.82) is 0 Å². The second kappa shape index (κ2) is 6.25. The molecule has 0 atom stereocenters. The van der Waals surface area contributed by atoms with E-state index in [0.717, 1.165) is 11.3 Å². The number of hydrogen-bond acceptors (Lipinski definition) is 4. The molecule has 0 bridgehead atoms. The molecule has 2 aromatic rings. The molecule has 20 heavy (non-hydrogen) atoms. The molecule has 2 aromatic carbocycles. The van der Waals surface area contributed by atoms with E-state index in [-0.39, 0.29) is 5.69 Å². The van der Waals surface area contributed by atoms with Gasteiger partial charge in [-0.15, -0.1) is 0 Å². The number of methoxy groups -OCH3 is 1. The summed E-state index contributed by atoms with van der Waals surface area (Å²) >= 11 is 5.94. The number of nitrogens with one attached hydrogen (secondary N) is 1. The Morgan fingerprint density at radius 2 is 1.95 bits per heavy atom. The van der Waals surface area contributed by atoms with Crippen LogP contribution in [0.15, 0.2) is 42.5 Å². The average Bonchev–Trinajstić information content (AvgIpc) is 2.46. The van der Waals surface area contributed by atoms with Gasteiger partial charge < -0.3 is 10.1 Å². The van der Waals surface area contributed by atoms with Crippen LogP contribution >= 0.6 is 11.6 Å². The molecule has 0 saturated carbocycles.